The first kappa shape index (κ1) is 13.0. The van der Waals surface area contributed by atoms with Crippen molar-refractivity contribution in [1.29, 1.82) is 10.5 Å². The highest BCUT2D eigenvalue weighted by molar-refractivity contribution is 5.16. The second kappa shape index (κ2) is 4.52. The first-order valence-electron chi connectivity index (χ1n) is 7.95. The van der Waals surface area contributed by atoms with Crippen LogP contribution < -0.4 is 0 Å². The average Bonchev–Trinajstić information content (AvgIpc) is 2.38. The minimum Gasteiger partial charge on any atom is -0.198 e. The van der Waals surface area contributed by atoms with Gasteiger partial charge in [-0.25, -0.2) is 0 Å². The van der Waals surface area contributed by atoms with Crippen LogP contribution >= 0.6 is 0 Å². The van der Waals surface area contributed by atoms with Crippen molar-refractivity contribution >= 4 is 0 Å². The smallest absolute Gasteiger partial charge is 0.0695 e. The maximum atomic E-state index is 9.90. The van der Waals surface area contributed by atoms with Crippen LogP contribution in [0.25, 0.3) is 0 Å². The van der Waals surface area contributed by atoms with E-state index < -0.39 is 0 Å². The van der Waals surface area contributed by atoms with Crippen molar-refractivity contribution in [3.8, 4) is 12.1 Å². The van der Waals surface area contributed by atoms with Gasteiger partial charge >= 0.3 is 0 Å². The van der Waals surface area contributed by atoms with E-state index in [4.69, 9.17) is 5.26 Å². The Morgan fingerprint density at radius 3 is 1.95 bits per heavy atom. The molecule has 0 aromatic heterocycles. The fourth-order valence-corrected chi connectivity index (χ4v) is 6.04. The SMILES string of the molecule is CCC(C#N)(CCC#N)C12CC3CC(CC(C3)C1)C2. The molecule has 4 rings (SSSR count). The molecule has 0 radical (unpaired) electrons. The Hall–Kier alpha value is -1.02. The van der Waals surface area contributed by atoms with E-state index in [1.807, 2.05) is 0 Å². The lowest BCUT2D eigenvalue weighted by atomic mass is 9.42. The predicted molar refractivity (Wildman–Crippen MR) is 73.8 cm³/mol. The Kier molecular flexibility index (Phi) is 3.09. The van der Waals surface area contributed by atoms with Crippen LogP contribution in [-0.4, -0.2) is 0 Å². The summed E-state index contributed by atoms with van der Waals surface area (Å²) in [6.45, 7) is 2.17. The van der Waals surface area contributed by atoms with Gasteiger partial charge in [0.1, 0.15) is 0 Å². The molecule has 0 aliphatic heterocycles. The molecule has 4 aliphatic carbocycles. The zero-order valence-electron chi connectivity index (χ0n) is 12.0. The second-order valence-electron chi connectivity index (χ2n) is 7.40. The third-order valence-electron chi connectivity index (χ3n) is 6.53. The maximum absolute atomic E-state index is 9.90. The number of hydrogen-bond acceptors (Lipinski definition) is 2. The van der Waals surface area contributed by atoms with Gasteiger partial charge < -0.3 is 0 Å². The van der Waals surface area contributed by atoms with E-state index in [0.717, 1.165) is 30.6 Å². The van der Waals surface area contributed by atoms with Gasteiger partial charge in [0.2, 0.25) is 0 Å². The standard InChI is InChI=1S/C17H24N2/c1-2-16(12-19,4-3-5-18)17-9-13-6-14(10-17)8-15(7-13)11-17/h13-15H,2-4,6-11H2,1H3. The molecule has 0 N–H and O–H groups in total. The molecule has 0 aromatic rings. The van der Waals surface area contributed by atoms with E-state index in [2.05, 4.69) is 19.1 Å². The highest BCUT2D eigenvalue weighted by atomic mass is 14.6. The van der Waals surface area contributed by atoms with Gasteiger partial charge in [-0.2, -0.15) is 10.5 Å². The van der Waals surface area contributed by atoms with Crippen LogP contribution in [-0.2, 0) is 0 Å². The van der Waals surface area contributed by atoms with Crippen LogP contribution in [0.1, 0.15) is 64.7 Å². The molecule has 0 aromatic carbocycles. The summed E-state index contributed by atoms with van der Waals surface area (Å²) in [6, 6.07) is 4.98. The molecule has 4 saturated carbocycles. The first-order valence-corrected chi connectivity index (χ1v) is 7.95. The summed E-state index contributed by atoms with van der Waals surface area (Å²) in [5.74, 6) is 2.65. The van der Waals surface area contributed by atoms with Crippen molar-refractivity contribution in [2.45, 2.75) is 64.7 Å². The fourth-order valence-electron chi connectivity index (χ4n) is 6.04. The Balaban J connectivity index is 1.94. The summed E-state index contributed by atoms with van der Waals surface area (Å²) in [5.41, 5.74) is 0.0286. The van der Waals surface area contributed by atoms with Crippen molar-refractivity contribution in [3.05, 3.63) is 0 Å². The molecule has 102 valence electrons. The minimum atomic E-state index is -0.223. The van der Waals surface area contributed by atoms with Crippen molar-refractivity contribution in [1.82, 2.24) is 0 Å². The van der Waals surface area contributed by atoms with Gasteiger partial charge in [0.15, 0.2) is 0 Å². The highest BCUT2D eigenvalue weighted by Gasteiger charge is 2.59. The van der Waals surface area contributed by atoms with Crippen LogP contribution in [0.2, 0.25) is 0 Å². The second-order valence-corrected chi connectivity index (χ2v) is 7.40. The molecule has 0 amide bonds. The molecular weight excluding hydrogens is 232 g/mol. The van der Waals surface area contributed by atoms with Crippen molar-refractivity contribution < 1.29 is 0 Å². The summed E-state index contributed by atoms with van der Waals surface area (Å²) in [4.78, 5) is 0. The molecule has 0 heterocycles. The quantitative estimate of drug-likeness (QED) is 0.747. The zero-order chi connectivity index (χ0) is 13.5. The van der Waals surface area contributed by atoms with Crippen LogP contribution in [0, 0.1) is 51.2 Å². The van der Waals surface area contributed by atoms with Crippen molar-refractivity contribution in [3.63, 3.8) is 0 Å². The Morgan fingerprint density at radius 2 is 1.58 bits per heavy atom. The summed E-state index contributed by atoms with van der Waals surface area (Å²) in [6.07, 6.45) is 10.3. The molecule has 1 atom stereocenters. The lowest BCUT2D eigenvalue weighted by Gasteiger charge is -2.62. The predicted octanol–water partition coefficient (Wildman–Crippen LogP) is 4.43. The van der Waals surface area contributed by atoms with Crippen molar-refractivity contribution in [2.75, 3.05) is 0 Å². The molecule has 0 saturated heterocycles. The largest absolute Gasteiger partial charge is 0.198 e. The molecule has 2 nitrogen and oxygen atoms in total. The van der Waals surface area contributed by atoms with Gasteiger partial charge in [-0.1, -0.05) is 6.92 Å². The number of rotatable bonds is 4. The number of nitriles is 2. The fraction of sp³-hybridized carbons (Fsp3) is 0.882. The summed E-state index contributed by atoms with van der Waals surface area (Å²) in [7, 11) is 0. The molecule has 0 spiro atoms. The van der Waals surface area contributed by atoms with Crippen LogP contribution in [0.4, 0.5) is 0 Å². The normalized spacial score (nSPS) is 42.4. The van der Waals surface area contributed by atoms with Crippen molar-refractivity contribution in [2.24, 2.45) is 28.6 Å². The van der Waals surface area contributed by atoms with Gasteiger partial charge in [0.05, 0.1) is 17.6 Å². The summed E-state index contributed by atoms with van der Waals surface area (Å²) >= 11 is 0. The topological polar surface area (TPSA) is 47.6 Å². The number of nitrogens with zero attached hydrogens (tertiary/aromatic N) is 2. The molecular formula is C17H24N2. The zero-order valence-corrected chi connectivity index (χ0v) is 12.0. The lowest BCUT2D eigenvalue weighted by molar-refractivity contribution is -0.115. The molecule has 4 fully saturated rings. The Bertz CT molecular complexity index is 404. The maximum Gasteiger partial charge on any atom is 0.0695 e. The van der Waals surface area contributed by atoms with E-state index in [9.17, 15) is 5.26 Å². The Labute approximate surface area is 116 Å². The van der Waals surface area contributed by atoms with E-state index in [-0.39, 0.29) is 10.8 Å². The monoisotopic (exact) mass is 256 g/mol. The van der Waals surface area contributed by atoms with Gasteiger partial charge in [-0.05, 0) is 74.5 Å². The lowest BCUT2D eigenvalue weighted by Crippen LogP contribution is -2.54. The van der Waals surface area contributed by atoms with E-state index in [0.29, 0.717) is 6.42 Å². The summed E-state index contributed by atoms with van der Waals surface area (Å²) < 4.78 is 0. The number of hydrogen-bond donors (Lipinski definition) is 0. The highest BCUT2D eigenvalue weighted by Crippen LogP contribution is 2.67. The molecule has 4 bridgehead atoms. The van der Waals surface area contributed by atoms with Gasteiger partial charge in [0.25, 0.3) is 0 Å². The molecule has 19 heavy (non-hydrogen) atoms. The summed E-state index contributed by atoms with van der Waals surface area (Å²) in [5, 5.41) is 18.8. The third kappa shape index (κ3) is 1.80. The van der Waals surface area contributed by atoms with Gasteiger partial charge in [0, 0.05) is 6.42 Å². The Morgan fingerprint density at radius 1 is 1.05 bits per heavy atom. The van der Waals surface area contributed by atoms with E-state index in [1.165, 1.54) is 38.5 Å². The van der Waals surface area contributed by atoms with Crippen LogP contribution in [0.3, 0.4) is 0 Å². The van der Waals surface area contributed by atoms with E-state index in [1.54, 1.807) is 0 Å². The van der Waals surface area contributed by atoms with Crippen LogP contribution in [0.15, 0.2) is 0 Å². The first-order chi connectivity index (χ1) is 9.17. The molecule has 2 heteroatoms. The minimum absolute atomic E-state index is 0.223. The van der Waals surface area contributed by atoms with E-state index >= 15 is 0 Å². The molecule has 4 aliphatic rings. The third-order valence-corrected chi connectivity index (χ3v) is 6.53. The van der Waals surface area contributed by atoms with Gasteiger partial charge in [-0.15, -0.1) is 0 Å². The van der Waals surface area contributed by atoms with Crippen LogP contribution in [0.5, 0.6) is 0 Å². The van der Waals surface area contributed by atoms with Gasteiger partial charge in [-0.3, -0.25) is 0 Å². The average molecular weight is 256 g/mol. The molecule has 1 unspecified atom stereocenters.